The lowest BCUT2D eigenvalue weighted by atomic mass is 9.81. The number of benzene rings is 10. The predicted octanol–water partition coefficient (Wildman–Crippen LogP) is 15.4. The van der Waals surface area contributed by atoms with Crippen LogP contribution in [0.5, 0.6) is 0 Å². The third-order valence-corrected chi connectivity index (χ3v) is 11.1. The van der Waals surface area contributed by atoms with Gasteiger partial charge in [-0.15, -0.1) is 0 Å². The highest BCUT2D eigenvalue weighted by molar-refractivity contribution is 6.31. The second-order valence-electron chi connectivity index (χ2n) is 14.1. The van der Waals surface area contributed by atoms with E-state index in [-0.39, 0.29) is 0 Å². The van der Waals surface area contributed by atoms with Gasteiger partial charge >= 0.3 is 0 Å². The van der Waals surface area contributed by atoms with E-state index in [2.05, 4.69) is 195 Å². The fourth-order valence-electron chi connectivity index (χ4n) is 8.72. The highest BCUT2D eigenvalue weighted by Gasteiger charge is 2.22. The van der Waals surface area contributed by atoms with Crippen LogP contribution in [0.1, 0.15) is 11.1 Å². The summed E-state index contributed by atoms with van der Waals surface area (Å²) < 4.78 is 0. The first kappa shape index (κ1) is 31.7. The van der Waals surface area contributed by atoms with Crippen LogP contribution in [0.2, 0.25) is 0 Å². The maximum absolute atomic E-state index is 4.39. The highest BCUT2D eigenvalue weighted by atomic mass is 14.2. The van der Waals surface area contributed by atoms with E-state index in [1.54, 1.807) is 0 Å². The second kappa shape index (κ2) is 12.9. The summed E-state index contributed by atoms with van der Waals surface area (Å²) in [5.74, 6) is 0. The Bertz CT molecular complexity index is 3080. The molecule has 0 saturated heterocycles. The fraction of sp³-hybridized carbons (Fsp3) is 0. The highest BCUT2D eigenvalue weighted by Crippen LogP contribution is 2.48. The van der Waals surface area contributed by atoms with E-state index < -0.39 is 0 Å². The molecule has 0 amide bonds. The van der Waals surface area contributed by atoms with Crippen LogP contribution in [0.4, 0.5) is 0 Å². The molecule has 252 valence electrons. The van der Waals surface area contributed by atoms with Crippen molar-refractivity contribution in [3.63, 3.8) is 0 Å². The molecule has 10 rings (SSSR count). The van der Waals surface area contributed by atoms with Gasteiger partial charge in [0.25, 0.3) is 0 Å². The van der Waals surface area contributed by atoms with E-state index in [0.29, 0.717) is 0 Å². The Morgan fingerprint density at radius 1 is 0.278 bits per heavy atom. The Hall–Kier alpha value is -7.02. The molecule has 0 unspecified atom stereocenters. The number of hydrogen-bond acceptors (Lipinski definition) is 0. The zero-order valence-corrected chi connectivity index (χ0v) is 29.9. The Kier molecular flexibility index (Phi) is 7.56. The monoisotopic (exact) mass is 684 g/mol. The molecule has 0 aliphatic heterocycles. The van der Waals surface area contributed by atoms with Gasteiger partial charge in [0, 0.05) is 0 Å². The van der Waals surface area contributed by atoms with Crippen molar-refractivity contribution in [1.29, 1.82) is 0 Å². The summed E-state index contributed by atoms with van der Waals surface area (Å²) in [4.78, 5) is 0. The minimum absolute atomic E-state index is 1.09. The van der Waals surface area contributed by atoms with Gasteiger partial charge in [-0.3, -0.25) is 0 Å². The van der Waals surface area contributed by atoms with E-state index in [9.17, 15) is 0 Å². The summed E-state index contributed by atoms with van der Waals surface area (Å²) >= 11 is 0. The lowest BCUT2D eigenvalue weighted by Crippen LogP contribution is -1.97. The van der Waals surface area contributed by atoms with Crippen LogP contribution in [0.25, 0.3) is 111 Å². The molecule has 0 atom stereocenters. The standard InChI is InChI=1S/C54H36/c1-3-41-42(4-2)54(38-25-15-8-16-26-38)52-34-50-48-32-44(36-21-11-6-12-22-36)43(35-19-9-5-10-20-35)31-47(48)45-29-39-27-17-18-28-40(39)30-46(45)49(50)33-51(52)53(41)37-23-13-7-14-24-37/h3-34H,1-2H2. The summed E-state index contributed by atoms with van der Waals surface area (Å²) in [5, 5.41) is 12.3. The van der Waals surface area contributed by atoms with Crippen molar-refractivity contribution in [2.24, 2.45) is 0 Å². The van der Waals surface area contributed by atoms with Gasteiger partial charge < -0.3 is 0 Å². The SMILES string of the molecule is C=Cc1c(C=C)c(-c2ccccc2)c2cc3c4cc5ccccc5cc4c4cc(-c5ccccc5)c(-c5ccccc5)cc4c3cc2c1-c1ccccc1. The maximum atomic E-state index is 4.39. The van der Waals surface area contributed by atoms with E-state index in [0.717, 1.165) is 22.3 Å². The average Bonchev–Trinajstić information content (AvgIpc) is 3.25. The van der Waals surface area contributed by atoms with Gasteiger partial charge in [0.2, 0.25) is 0 Å². The molecule has 54 heavy (non-hydrogen) atoms. The first-order chi connectivity index (χ1) is 26.7. The normalized spacial score (nSPS) is 11.5. The molecule has 0 bridgehead atoms. The van der Waals surface area contributed by atoms with Gasteiger partial charge in [-0.25, -0.2) is 0 Å². The van der Waals surface area contributed by atoms with Crippen LogP contribution in [-0.4, -0.2) is 0 Å². The van der Waals surface area contributed by atoms with E-state index >= 15 is 0 Å². The molecule has 0 aromatic heterocycles. The first-order valence-electron chi connectivity index (χ1n) is 18.6. The molecule has 0 nitrogen and oxygen atoms in total. The molecular formula is C54H36. The Morgan fingerprint density at radius 2 is 0.574 bits per heavy atom. The zero-order chi connectivity index (χ0) is 36.2. The largest absolute Gasteiger partial charge is 0.0984 e. The molecule has 0 fully saturated rings. The summed E-state index contributed by atoms with van der Waals surface area (Å²) in [7, 11) is 0. The summed E-state index contributed by atoms with van der Waals surface area (Å²) in [6.45, 7) is 8.76. The molecule has 0 spiro atoms. The molecule has 0 heterocycles. The summed E-state index contributed by atoms with van der Waals surface area (Å²) in [6, 6.07) is 66.5. The van der Waals surface area contributed by atoms with E-state index in [4.69, 9.17) is 0 Å². The van der Waals surface area contributed by atoms with Crippen LogP contribution in [0.3, 0.4) is 0 Å². The van der Waals surface area contributed by atoms with Gasteiger partial charge in [-0.2, -0.15) is 0 Å². The molecule has 0 radical (unpaired) electrons. The minimum atomic E-state index is 1.09. The van der Waals surface area contributed by atoms with Crippen molar-refractivity contribution in [3.05, 3.63) is 206 Å². The maximum Gasteiger partial charge on any atom is -0.00264 e. The van der Waals surface area contributed by atoms with Gasteiger partial charge in [-0.1, -0.05) is 171 Å². The smallest absolute Gasteiger partial charge is 0.00264 e. The second-order valence-corrected chi connectivity index (χ2v) is 14.1. The molecule has 0 aliphatic rings. The van der Waals surface area contributed by atoms with E-state index in [1.165, 1.54) is 87.2 Å². The lowest BCUT2D eigenvalue weighted by molar-refractivity contribution is 1.59. The van der Waals surface area contributed by atoms with Crippen LogP contribution < -0.4 is 0 Å². The Labute approximate surface area is 315 Å². The van der Waals surface area contributed by atoms with Crippen molar-refractivity contribution in [3.8, 4) is 44.5 Å². The Balaban J connectivity index is 1.47. The predicted molar refractivity (Wildman–Crippen MR) is 236 cm³/mol. The lowest BCUT2D eigenvalue weighted by Gasteiger charge is -2.22. The molecule has 10 aromatic rings. The van der Waals surface area contributed by atoms with Crippen LogP contribution in [0, 0.1) is 0 Å². The van der Waals surface area contributed by atoms with Crippen LogP contribution >= 0.6 is 0 Å². The first-order valence-corrected chi connectivity index (χ1v) is 18.6. The third kappa shape index (κ3) is 4.99. The van der Waals surface area contributed by atoms with Crippen molar-refractivity contribution in [2.75, 3.05) is 0 Å². The van der Waals surface area contributed by atoms with Crippen molar-refractivity contribution in [1.82, 2.24) is 0 Å². The molecule has 0 aliphatic carbocycles. The quantitative estimate of drug-likeness (QED) is 0.121. The number of rotatable bonds is 6. The number of fused-ring (bicyclic) bond motifs is 8. The molecule has 0 N–H and O–H groups in total. The molecule has 10 aromatic carbocycles. The third-order valence-electron chi connectivity index (χ3n) is 11.1. The zero-order valence-electron chi connectivity index (χ0n) is 29.9. The van der Waals surface area contributed by atoms with Crippen molar-refractivity contribution in [2.45, 2.75) is 0 Å². The van der Waals surface area contributed by atoms with Crippen LogP contribution in [0.15, 0.2) is 195 Å². The Morgan fingerprint density at radius 3 is 0.926 bits per heavy atom. The topological polar surface area (TPSA) is 0 Å². The molecular weight excluding hydrogens is 649 g/mol. The summed E-state index contributed by atoms with van der Waals surface area (Å²) in [5.41, 5.74) is 11.7. The number of hydrogen-bond donors (Lipinski definition) is 0. The van der Waals surface area contributed by atoms with E-state index in [1.807, 2.05) is 12.2 Å². The van der Waals surface area contributed by atoms with Crippen molar-refractivity contribution < 1.29 is 0 Å². The average molecular weight is 685 g/mol. The fourth-order valence-corrected chi connectivity index (χ4v) is 8.72. The minimum Gasteiger partial charge on any atom is -0.0984 e. The van der Waals surface area contributed by atoms with Gasteiger partial charge in [-0.05, 0) is 146 Å². The van der Waals surface area contributed by atoms with Crippen molar-refractivity contribution >= 4 is 66.0 Å². The molecule has 0 saturated carbocycles. The molecule has 0 heteroatoms. The van der Waals surface area contributed by atoms with Gasteiger partial charge in [0.1, 0.15) is 0 Å². The van der Waals surface area contributed by atoms with Gasteiger partial charge in [0.15, 0.2) is 0 Å². The van der Waals surface area contributed by atoms with Crippen LogP contribution in [-0.2, 0) is 0 Å². The summed E-state index contributed by atoms with van der Waals surface area (Å²) in [6.07, 6.45) is 4.03. The van der Waals surface area contributed by atoms with Gasteiger partial charge in [0.05, 0.1) is 0 Å².